The Morgan fingerprint density at radius 3 is 2.95 bits per heavy atom. The van der Waals surface area contributed by atoms with Crippen LogP contribution in [0.15, 0.2) is 24.3 Å². The quantitative estimate of drug-likeness (QED) is 0.867. The van der Waals surface area contributed by atoms with E-state index in [4.69, 9.17) is 5.10 Å². The van der Waals surface area contributed by atoms with Crippen molar-refractivity contribution in [3.8, 4) is 0 Å². The van der Waals surface area contributed by atoms with E-state index in [1.807, 2.05) is 0 Å². The van der Waals surface area contributed by atoms with Gasteiger partial charge in [-0.2, -0.15) is 5.10 Å². The summed E-state index contributed by atoms with van der Waals surface area (Å²) >= 11 is 0. The molecule has 0 radical (unpaired) electrons. The number of benzene rings is 1. The number of ketones is 1. The van der Waals surface area contributed by atoms with E-state index in [0.29, 0.717) is 5.78 Å². The van der Waals surface area contributed by atoms with E-state index >= 15 is 0 Å². The molecule has 1 atom stereocenters. The molecule has 1 saturated heterocycles. The van der Waals surface area contributed by atoms with E-state index in [2.05, 4.69) is 40.8 Å². The normalized spacial score (nSPS) is 20.0. The smallest absolute Gasteiger partial charge is 0.134 e. The Hall–Kier alpha value is -1.68. The van der Waals surface area contributed by atoms with E-state index in [1.165, 1.54) is 10.9 Å². The number of fused-ring (bicyclic) bond motifs is 1. The zero-order valence-electron chi connectivity index (χ0n) is 12.9. The first kappa shape index (κ1) is 14.3. The fourth-order valence-electron chi connectivity index (χ4n) is 3.30. The molecule has 21 heavy (non-hydrogen) atoms. The summed E-state index contributed by atoms with van der Waals surface area (Å²) in [5, 5.41) is 6.00. The van der Waals surface area contributed by atoms with Crippen molar-refractivity contribution in [3.05, 3.63) is 30.0 Å². The highest BCUT2D eigenvalue weighted by Gasteiger charge is 2.24. The molecule has 1 aromatic carbocycles. The predicted octanol–water partition coefficient (Wildman–Crippen LogP) is 2.86. The first-order valence-corrected chi connectivity index (χ1v) is 7.86. The van der Waals surface area contributed by atoms with Crippen molar-refractivity contribution in [2.24, 2.45) is 5.92 Å². The Balaban J connectivity index is 1.83. The Kier molecular flexibility index (Phi) is 4.06. The fraction of sp³-hybridized carbons (Fsp3) is 0.529. The maximum atomic E-state index is 11.6. The Labute approximate surface area is 125 Å². The van der Waals surface area contributed by atoms with Crippen molar-refractivity contribution in [1.82, 2.24) is 14.7 Å². The maximum absolute atomic E-state index is 11.6. The summed E-state index contributed by atoms with van der Waals surface area (Å²) in [7, 11) is 0. The third-order valence-electron chi connectivity index (χ3n) is 4.49. The van der Waals surface area contributed by atoms with E-state index in [1.54, 1.807) is 6.92 Å². The molecule has 1 aromatic heterocycles. The minimum absolute atomic E-state index is 0.207. The molecule has 1 unspecified atom stereocenters. The first-order valence-electron chi connectivity index (χ1n) is 7.86. The molecule has 1 aliphatic rings. The molecule has 0 amide bonds. The monoisotopic (exact) mass is 285 g/mol. The molecular formula is C17H23N3O. The molecule has 0 N–H and O–H groups in total. The van der Waals surface area contributed by atoms with E-state index < -0.39 is 0 Å². The lowest BCUT2D eigenvalue weighted by Crippen LogP contribution is -2.37. The molecule has 2 aromatic rings. The summed E-state index contributed by atoms with van der Waals surface area (Å²) < 4.78 is 2.07. The Morgan fingerprint density at radius 1 is 1.38 bits per heavy atom. The van der Waals surface area contributed by atoms with Gasteiger partial charge in [0.25, 0.3) is 0 Å². The van der Waals surface area contributed by atoms with Crippen molar-refractivity contribution < 1.29 is 4.79 Å². The van der Waals surface area contributed by atoms with Crippen molar-refractivity contribution in [3.63, 3.8) is 0 Å². The van der Waals surface area contributed by atoms with Crippen LogP contribution in [0.3, 0.4) is 0 Å². The van der Waals surface area contributed by atoms with Crippen LogP contribution in [-0.2, 0) is 17.9 Å². The van der Waals surface area contributed by atoms with Gasteiger partial charge in [-0.25, -0.2) is 0 Å². The molecule has 3 rings (SSSR count). The second kappa shape index (κ2) is 5.98. The molecule has 4 heteroatoms. The number of aryl methyl sites for hydroxylation is 1. The number of nitrogens with zero attached hydrogens (tertiary/aromatic N) is 3. The van der Waals surface area contributed by atoms with Crippen LogP contribution in [0.5, 0.6) is 0 Å². The van der Waals surface area contributed by atoms with Crippen LogP contribution < -0.4 is 0 Å². The van der Waals surface area contributed by atoms with Crippen LogP contribution in [-0.4, -0.2) is 33.6 Å². The van der Waals surface area contributed by atoms with E-state index in [9.17, 15) is 4.79 Å². The van der Waals surface area contributed by atoms with E-state index in [0.717, 1.165) is 44.7 Å². The number of para-hydroxylation sites is 1. The SMILES string of the molecule is CCn1nc(CN2CCCC(C(C)=O)C2)c2ccccc21. The standard InChI is InChI=1S/C17H23N3O/c1-3-20-17-9-5-4-8-15(17)16(18-20)12-19-10-6-7-14(11-19)13(2)21/h4-5,8-9,14H,3,6-7,10-12H2,1-2H3. The second-order valence-electron chi connectivity index (χ2n) is 5.96. The van der Waals surface area contributed by atoms with Gasteiger partial charge in [0.15, 0.2) is 0 Å². The van der Waals surface area contributed by atoms with Gasteiger partial charge in [-0.1, -0.05) is 18.2 Å². The van der Waals surface area contributed by atoms with Crippen LogP contribution in [0, 0.1) is 5.92 Å². The third kappa shape index (κ3) is 2.86. The molecule has 0 aliphatic carbocycles. The Bertz CT molecular complexity index is 647. The maximum Gasteiger partial charge on any atom is 0.134 e. The average Bonchev–Trinajstić information content (AvgIpc) is 2.86. The number of carbonyl (C=O) groups excluding carboxylic acids is 1. The third-order valence-corrected chi connectivity index (χ3v) is 4.49. The van der Waals surface area contributed by atoms with Crippen molar-refractivity contribution in [2.45, 2.75) is 39.8 Å². The highest BCUT2D eigenvalue weighted by atomic mass is 16.1. The van der Waals surface area contributed by atoms with Crippen molar-refractivity contribution in [1.29, 1.82) is 0 Å². The minimum Gasteiger partial charge on any atom is -0.300 e. The van der Waals surface area contributed by atoms with Gasteiger partial charge in [0.05, 0.1) is 11.2 Å². The van der Waals surface area contributed by atoms with Crippen molar-refractivity contribution >= 4 is 16.7 Å². The summed E-state index contributed by atoms with van der Waals surface area (Å²) in [5.74, 6) is 0.530. The lowest BCUT2D eigenvalue weighted by atomic mass is 9.94. The number of rotatable bonds is 4. The number of aromatic nitrogens is 2. The van der Waals surface area contributed by atoms with Gasteiger partial charge in [-0.05, 0) is 39.3 Å². The van der Waals surface area contributed by atoms with Gasteiger partial charge in [0.2, 0.25) is 0 Å². The lowest BCUT2D eigenvalue weighted by Gasteiger charge is -2.30. The summed E-state index contributed by atoms with van der Waals surface area (Å²) in [6.07, 6.45) is 2.15. The molecule has 0 bridgehead atoms. The van der Waals surface area contributed by atoms with E-state index in [-0.39, 0.29) is 5.92 Å². The van der Waals surface area contributed by atoms with Gasteiger partial charge in [0.1, 0.15) is 5.78 Å². The zero-order valence-corrected chi connectivity index (χ0v) is 12.9. The second-order valence-corrected chi connectivity index (χ2v) is 5.96. The zero-order chi connectivity index (χ0) is 14.8. The molecule has 0 spiro atoms. The van der Waals surface area contributed by atoms with Gasteiger partial charge in [-0.3, -0.25) is 14.4 Å². The lowest BCUT2D eigenvalue weighted by molar-refractivity contribution is -0.122. The molecule has 0 saturated carbocycles. The van der Waals surface area contributed by atoms with Crippen LogP contribution >= 0.6 is 0 Å². The number of hydrogen-bond donors (Lipinski definition) is 0. The summed E-state index contributed by atoms with van der Waals surface area (Å²) in [6, 6.07) is 8.41. The first-order chi connectivity index (χ1) is 10.2. The number of carbonyl (C=O) groups is 1. The number of hydrogen-bond acceptors (Lipinski definition) is 3. The van der Waals surface area contributed by atoms with Gasteiger partial charge >= 0.3 is 0 Å². The summed E-state index contributed by atoms with van der Waals surface area (Å²) in [4.78, 5) is 14.0. The van der Waals surface area contributed by atoms with Crippen molar-refractivity contribution in [2.75, 3.05) is 13.1 Å². The molecule has 2 heterocycles. The number of likely N-dealkylation sites (tertiary alicyclic amines) is 1. The van der Waals surface area contributed by atoms with Gasteiger partial charge in [0, 0.05) is 30.9 Å². The summed E-state index contributed by atoms with van der Waals surface area (Å²) in [6.45, 7) is 7.51. The molecule has 112 valence electrons. The Morgan fingerprint density at radius 2 is 2.19 bits per heavy atom. The molecule has 4 nitrogen and oxygen atoms in total. The number of Topliss-reactive ketones (excluding diaryl/α,β-unsaturated/α-hetero) is 1. The minimum atomic E-state index is 0.207. The fourth-order valence-corrected chi connectivity index (χ4v) is 3.30. The van der Waals surface area contributed by atoms with Crippen LogP contribution in [0.4, 0.5) is 0 Å². The van der Waals surface area contributed by atoms with Gasteiger partial charge in [-0.15, -0.1) is 0 Å². The molecular weight excluding hydrogens is 262 g/mol. The highest BCUT2D eigenvalue weighted by Crippen LogP contribution is 2.23. The predicted molar refractivity (Wildman–Crippen MR) is 84.1 cm³/mol. The topological polar surface area (TPSA) is 38.1 Å². The highest BCUT2D eigenvalue weighted by molar-refractivity contribution is 5.82. The van der Waals surface area contributed by atoms with Crippen LogP contribution in [0.2, 0.25) is 0 Å². The van der Waals surface area contributed by atoms with Crippen LogP contribution in [0.1, 0.15) is 32.4 Å². The average molecular weight is 285 g/mol. The number of piperidine rings is 1. The molecule has 1 aliphatic heterocycles. The summed E-state index contributed by atoms with van der Waals surface area (Å²) in [5.41, 5.74) is 2.34. The molecule has 1 fully saturated rings. The largest absolute Gasteiger partial charge is 0.300 e. The van der Waals surface area contributed by atoms with Crippen LogP contribution in [0.25, 0.3) is 10.9 Å². The van der Waals surface area contributed by atoms with Gasteiger partial charge < -0.3 is 0 Å².